The Morgan fingerprint density at radius 3 is 2.44 bits per heavy atom. The van der Waals surface area contributed by atoms with Gasteiger partial charge < -0.3 is 20.7 Å². The number of nitrogens with one attached hydrogen (secondary N) is 1. The van der Waals surface area contributed by atoms with Crippen LogP contribution in [0.25, 0.3) is 0 Å². The van der Waals surface area contributed by atoms with Crippen molar-refractivity contribution in [2.45, 2.75) is 31.7 Å². The van der Waals surface area contributed by atoms with Crippen LogP contribution in [0.3, 0.4) is 0 Å². The van der Waals surface area contributed by atoms with Gasteiger partial charge in [-0.15, -0.1) is 0 Å². The maximum absolute atomic E-state index is 13.4. The lowest BCUT2D eigenvalue weighted by atomic mass is 10.0. The molecule has 1 aliphatic rings. The number of ether oxygens (including phenoxy) is 1. The molecule has 39 heavy (non-hydrogen) atoms. The molecule has 0 aromatic heterocycles. The fourth-order valence-electron chi connectivity index (χ4n) is 4.10. The third-order valence-corrected chi connectivity index (χ3v) is 6.55. The van der Waals surface area contributed by atoms with Crippen LogP contribution in [-0.4, -0.2) is 25.7 Å². The molecule has 0 aliphatic heterocycles. The van der Waals surface area contributed by atoms with E-state index in [2.05, 4.69) is 11.9 Å². The Morgan fingerprint density at radius 1 is 1.08 bits per heavy atom. The number of carbonyl (C=O) groups is 1. The molecular weight excluding hydrogens is 503 g/mol. The summed E-state index contributed by atoms with van der Waals surface area (Å²) >= 11 is 0. The van der Waals surface area contributed by atoms with Gasteiger partial charge >= 0.3 is 6.18 Å². The lowest BCUT2D eigenvalue weighted by Gasteiger charge is -2.24. The number of amides is 1. The van der Waals surface area contributed by atoms with Gasteiger partial charge in [0.1, 0.15) is 11.8 Å². The molecule has 8 heteroatoms. The fraction of sp³-hybridized carbons (Fsp3) is 0.258. The number of benzene rings is 3. The molecule has 0 heterocycles. The molecule has 0 spiro atoms. The molecule has 204 valence electrons. The number of hydrogen-bond acceptors (Lipinski definition) is 4. The van der Waals surface area contributed by atoms with Gasteiger partial charge in [-0.1, -0.05) is 61.2 Å². The number of carbonyl (C=O) groups excluding carboxylic acids is 1. The Hall–Kier alpha value is -3.88. The van der Waals surface area contributed by atoms with Crippen molar-refractivity contribution in [2.75, 3.05) is 23.9 Å². The van der Waals surface area contributed by atoms with E-state index in [1.807, 2.05) is 36.4 Å². The monoisotopic (exact) mass is 535 g/mol. The number of nitrogens with zero attached hydrogens (tertiary/aromatic N) is 1. The van der Waals surface area contributed by atoms with E-state index in [9.17, 15) is 18.0 Å². The quantitative estimate of drug-likeness (QED) is 0.211. The number of rotatable bonds is 11. The van der Waals surface area contributed by atoms with Gasteiger partial charge in [0, 0.05) is 25.0 Å². The summed E-state index contributed by atoms with van der Waals surface area (Å²) in [5, 5.41) is 2.76. The second kappa shape index (κ2) is 12.3. The Morgan fingerprint density at radius 2 is 1.77 bits per heavy atom. The first kappa shape index (κ1) is 28.1. The van der Waals surface area contributed by atoms with Crippen molar-refractivity contribution >= 4 is 17.3 Å². The van der Waals surface area contributed by atoms with Crippen LogP contribution < -0.4 is 16.0 Å². The maximum Gasteiger partial charge on any atom is 0.415 e. The molecule has 3 aromatic rings. The first-order valence-corrected chi connectivity index (χ1v) is 12.7. The summed E-state index contributed by atoms with van der Waals surface area (Å²) in [4.78, 5) is 14.8. The van der Waals surface area contributed by atoms with Crippen LogP contribution >= 0.6 is 0 Å². The number of anilines is 2. The lowest BCUT2D eigenvalue weighted by Crippen LogP contribution is -2.29. The van der Waals surface area contributed by atoms with Crippen molar-refractivity contribution < 1.29 is 22.7 Å². The summed E-state index contributed by atoms with van der Waals surface area (Å²) in [6.45, 7) is 4.02. The zero-order valence-corrected chi connectivity index (χ0v) is 21.7. The standard InChI is InChI=1S/C31H32F3N3O2/c1-21(31(32,33)34)16-28(37(2)27-13-6-8-23(17-27)19-35)30(38)36-26-12-7-11-25(18-26)29(39-20-22-14-15-22)24-9-4-3-5-10-24/h3-13,16-18,22,29H,1,14-15,19-20,35H2,2H3,(H,36,38)/b28-16-. The number of hydrogen-bond donors (Lipinski definition) is 2. The van der Waals surface area contributed by atoms with Gasteiger partial charge in [0.15, 0.2) is 0 Å². The molecule has 0 bridgehead atoms. The predicted octanol–water partition coefficient (Wildman–Crippen LogP) is 6.74. The molecule has 5 nitrogen and oxygen atoms in total. The first-order chi connectivity index (χ1) is 18.7. The average molecular weight is 536 g/mol. The molecular formula is C31H32F3N3O2. The maximum atomic E-state index is 13.4. The molecule has 1 fully saturated rings. The van der Waals surface area contributed by atoms with E-state index >= 15 is 0 Å². The zero-order chi connectivity index (χ0) is 28.0. The number of alkyl halides is 3. The van der Waals surface area contributed by atoms with Crippen LogP contribution in [0.5, 0.6) is 0 Å². The number of nitrogens with two attached hydrogens (primary N) is 1. The topological polar surface area (TPSA) is 67.6 Å². The second-order valence-electron chi connectivity index (χ2n) is 9.63. The summed E-state index contributed by atoms with van der Waals surface area (Å²) in [5.74, 6) is -0.157. The molecule has 1 atom stereocenters. The predicted molar refractivity (Wildman–Crippen MR) is 148 cm³/mol. The van der Waals surface area contributed by atoms with Crippen LogP contribution in [-0.2, 0) is 16.1 Å². The van der Waals surface area contributed by atoms with Crippen molar-refractivity contribution in [1.29, 1.82) is 0 Å². The summed E-state index contributed by atoms with van der Waals surface area (Å²) in [6, 6.07) is 23.9. The van der Waals surface area contributed by atoms with E-state index in [1.165, 1.54) is 11.9 Å². The van der Waals surface area contributed by atoms with E-state index < -0.39 is 17.7 Å². The smallest absolute Gasteiger partial charge is 0.368 e. The second-order valence-corrected chi connectivity index (χ2v) is 9.63. The molecule has 1 unspecified atom stereocenters. The van der Waals surface area contributed by atoms with Crippen molar-refractivity contribution in [2.24, 2.45) is 11.7 Å². The van der Waals surface area contributed by atoms with Gasteiger partial charge in [-0.25, -0.2) is 0 Å². The summed E-state index contributed by atoms with van der Waals surface area (Å²) in [5.41, 5.74) is 7.90. The molecule has 1 aliphatic carbocycles. The third kappa shape index (κ3) is 7.59. The van der Waals surface area contributed by atoms with Gasteiger partial charge in [0.25, 0.3) is 5.91 Å². The number of allylic oxidation sites excluding steroid dienone is 2. The van der Waals surface area contributed by atoms with Gasteiger partial charge in [-0.05, 0) is 65.8 Å². The lowest BCUT2D eigenvalue weighted by molar-refractivity contribution is -0.112. The van der Waals surface area contributed by atoms with Crippen LogP contribution in [0.2, 0.25) is 0 Å². The minimum Gasteiger partial charge on any atom is -0.368 e. The van der Waals surface area contributed by atoms with Gasteiger partial charge in [-0.3, -0.25) is 4.79 Å². The Kier molecular flexibility index (Phi) is 8.89. The molecule has 1 amide bonds. The first-order valence-electron chi connectivity index (χ1n) is 12.7. The number of halogens is 3. The summed E-state index contributed by atoms with van der Waals surface area (Å²) < 4.78 is 46.5. The minimum atomic E-state index is -4.69. The van der Waals surface area contributed by atoms with E-state index in [1.54, 1.807) is 42.5 Å². The van der Waals surface area contributed by atoms with E-state index in [0.29, 0.717) is 23.9 Å². The number of likely N-dealkylation sites (N-methyl/N-ethyl adjacent to an activating group) is 1. The zero-order valence-electron chi connectivity index (χ0n) is 21.7. The van der Waals surface area contributed by atoms with Gasteiger partial charge in [0.2, 0.25) is 0 Å². The summed E-state index contributed by atoms with van der Waals surface area (Å²) in [6.07, 6.45) is -1.98. The average Bonchev–Trinajstić information content (AvgIpc) is 3.76. The van der Waals surface area contributed by atoms with Crippen LogP contribution in [0.15, 0.2) is 103 Å². The highest BCUT2D eigenvalue weighted by atomic mass is 19.4. The SMILES string of the molecule is C=C(/C=C(/C(=O)Nc1cccc(C(OCC2CC2)c2ccccc2)c1)N(C)c1cccc(CN)c1)C(F)(F)F. The van der Waals surface area contributed by atoms with Crippen LogP contribution in [0.1, 0.15) is 35.6 Å². The van der Waals surface area contributed by atoms with Gasteiger partial charge in [-0.2, -0.15) is 13.2 Å². The molecule has 0 radical (unpaired) electrons. The highest BCUT2D eigenvalue weighted by Crippen LogP contribution is 2.34. The molecule has 1 saturated carbocycles. The van der Waals surface area contributed by atoms with Crippen LogP contribution in [0, 0.1) is 5.92 Å². The molecule has 0 saturated heterocycles. The minimum absolute atomic E-state index is 0.221. The Balaban J connectivity index is 1.62. The Labute approximate surface area is 226 Å². The van der Waals surface area contributed by atoms with Crippen molar-refractivity contribution in [1.82, 2.24) is 0 Å². The molecule has 3 N–H and O–H groups in total. The summed E-state index contributed by atoms with van der Waals surface area (Å²) in [7, 11) is 1.53. The molecule has 4 rings (SSSR count). The van der Waals surface area contributed by atoms with Crippen molar-refractivity contribution in [3.8, 4) is 0 Å². The van der Waals surface area contributed by atoms with Crippen molar-refractivity contribution in [3.63, 3.8) is 0 Å². The highest BCUT2D eigenvalue weighted by Gasteiger charge is 2.32. The fourth-order valence-corrected chi connectivity index (χ4v) is 4.10. The normalized spacial score (nSPS) is 14.5. The van der Waals surface area contributed by atoms with E-state index in [-0.39, 0.29) is 18.3 Å². The van der Waals surface area contributed by atoms with E-state index in [0.717, 1.165) is 35.6 Å². The van der Waals surface area contributed by atoms with Crippen LogP contribution in [0.4, 0.5) is 24.5 Å². The molecule has 3 aromatic carbocycles. The highest BCUT2D eigenvalue weighted by molar-refractivity contribution is 6.06. The third-order valence-electron chi connectivity index (χ3n) is 6.55. The van der Waals surface area contributed by atoms with Gasteiger partial charge in [0.05, 0.1) is 12.2 Å². The largest absolute Gasteiger partial charge is 0.415 e. The van der Waals surface area contributed by atoms with E-state index in [4.69, 9.17) is 10.5 Å². The van der Waals surface area contributed by atoms with Crippen molar-refractivity contribution in [3.05, 3.63) is 119 Å². The Bertz CT molecular complexity index is 1330.